The monoisotopic (exact) mass is 429 g/mol. The molecule has 0 radical (unpaired) electrons. The van der Waals surface area contributed by atoms with E-state index in [2.05, 4.69) is 20.3 Å². The Hall–Kier alpha value is -2.74. The second kappa shape index (κ2) is 8.32. The number of β-amino-alcohol motifs (C(OH)–C–C–N with tert-alkyl or cyclic N) is 1. The van der Waals surface area contributed by atoms with Gasteiger partial charge in [-0.15, -0.1) is 0 Å². The fourth-order valence-electron chi connectivity index (χ4n) is 3.20. The number of anilines is 2. The topological polar surface area (TPSA) is 91.2 Å². The molecule has 0 aliphatic carbocycles. The van der Waals surface area contributed by atoms with Gasteiger partial charge >= 0.3 is 0 Å². The molecule has 1 aromatic carbocycles. The van der Waals surface area contributed by atoms with Gasteiger partial charge in [-0.25, -0.2) is 15.0 Å². The van der Waals surface area contributed by atoms with Crippen LogP contribution in [-0.4, -0.2) is 45.2 Å². The molecule has 4 rings (SSSR count). The molecule has 9 heteroatoms. The summed E-state index contributed by atoms with van der Waals surface area (Å²) in [6.45, 7) is 1.17. The number of nitrogens with zero attached hydrogens (tertiary/aromatic N) is 4. The summed E-state index contributed by atoms with van der Waals surface area (Å²) < 4.78 is 0. The highest BCUT2D eigenvalue weighted by Crippen LogP contribution is 2.32. The average molecular weight is 430 g/mol. The molecular formula is C20H17Cl2N5O2. The van der Waals surface area contributed by atoms with Gasteiger partial charge < -0.3 is 15.3 Å². The molecule has 0 saturated carbocycles. The number of pyridine rings is 1. The van der Waals surface area contributed by atoms with Crippen LogP contribution in [-0.2, 0) is 0 Å². The Morgan fingerprint density at radius 2 is 1.93 bits per heavy atom. The summed E-state index contributed by atoms with van der Waals surface area (Å²) in [6.07, 6.45) is 6.57. The summed E-state index contributed by atoms with van der Waals surface area (Å²) in [7, 11) is 0. The molecule has 148 valence electrons. The van der Waals surface area contributed by atoms with Gasteiger partial charge in [-0.2, -0.15) is 0 Å². The largest absolute Gasteiger partial charge is 0.391 e. The van der Waals surface area contributed by atoms with Crippen molar-refractivity contribution in [2.75, 3.05) is 23.3 Å². The number of aliphatic hydroxyl groups is 1. The van der Waals surface area contributed by atoms with Crippen LogP contribution in [0.1, 0.15) is 16.8 Å². The number of carbonyl (C=O) groups is 1. The van der Waals surface area contributed by atoms with Crippen molar-refractivity contribution in [1.29, 1.82) is 0 Å². The van der Waals surface area contributed by atoms with Crippen molar-refractivity contribution in [3.05, 3.63) is 64.8 Å². The molecule has 1 saturated heterocycles. The van der Waals surface area contributed by atoms with E-state index in [-0.39, 0.29) is 5.91 Å². The van der Waals surface area contributed by atoms with Crippen LogP contribution in [0, 0.1) is 0 Å². The maximum absolute atomic E-state index is 12.8. The van der Waals surface area contributed by atoms with Crippen molar-refractivity contribution >= 4 is 40.6 Å². The minimum atomic E-state index is -0.394. The Morgan fingerprint density at radius 3 is 2.62 bits per heavy atom. The average Bonchev–Trinajstić information content (AvgIpc) is 3.17. The third-order valence-electron chi connectivity index (χ3n) is 4.64. The smallest absolute Gasteiger partial charge is 0.257 e. The van der Waals surface area contributed by atoms with Crippen molar-refractivity contribution < 1.29 is 9.90 Å². The Bertz CT molecular complexity index is 1050. The van der Waals surface area contributed by atoms with Crippen LogP contribution in [0.2, 0.25) is 10.0 Å². The SMILES string of the molecule is O=C(Nc1ccc(Cl)c(Cl)c1)c1cnc(N2CC[C@@H](O)C2)c(-c2cncnc2)c1. The lowest BCUT2D eigenvalue weighted by Gasteiger charge is -2.20. The van der Waals surface area contributed by atoms with Crippen LogP contribution in [0.3, 0.4) is 0 Å². The fraction of sp³-hybridized carbons (Fsp3) is 0.200. The zero-order valence-corrected chi connectivity index (χ0v) is 16.7. The highest BCUT2D eigenvalue weighted by molar-refractivity contribution is 6.42. The molecule has 1 atom stereocenters. The van der Waals surface area contributed by atoms with Gasteiger partial charge in [-0.05, 0) is 30.7 Å². The van der Waals surface area contributed by atoms with Crippen LogP contribution in [0.15, 0.2) is 49.2 Å². The summed E-state index contributed by atoms with van der Waals surface area (Å²) in [6, 6.07) is 6.62. The number of carbonyl (C=O) groups excluding carboxylic acids is 1. The van der Waals surface area contributed by atoms with Crippen molar-refractivity contribution in [2.24, 2.45) is 0 Å². The van der Waals surface area contributed by atoms with E-state index < -0.39 is 6.10 Å². The van der Waals surface area contributed by atoms with Gasteiger partial charge in [0.2, 0.25) is 0 Å². The second-order valence-corrected chi connectivity index (χ2v) is 7.51. The van der Waals surface area contributed by atoms with Crippen molar-refractivity contribution in [3.8, 4) is 11.1 Å². The summed E-state index contributed by atoms with van der Waals surface area (Å²) in [5.41, 5.74) is 2.36. The zero-order valence-electron chi connectivity index (χ0n) is 15.2. The summed E-state index contributed by atoms with van der Waals surface area (Å²) >= 11 is 11.9. The molecule has 0 bridgehead atoms. The lowest BCUT2D eigenvalue weighted by Crippen LogP contribution is -2.23. The van der Waals surface area contributed by atoms with Gasteiger partial charge in [0.15, 0.2) is 0 Å². The normalized spacial score (nSPS) is 16.1. The lowest BCUT2D eigenvalue weighted by molar-refractivity contribution is 0.102. The number of rotatable bonds is 4. The number of hydrogen-bond acceptors (Lipinski definition) is 6. The number of amides is 1. The van der Waals surface area contributed by atoms with E-state index in [1.165, 1.54) is 12.5 Å². The van der Waals surface area contributed by atoms with Crippen molar-refractivity contribution in [3.63, 3.8) is 0 Å². The van der Waals surface area contributed by atoms with Gasteiger partial charge in [0, 0.05) is 48.5 Å². The number of aliphatic hydroxyl groups excluding tert-OH is 1. The van der Waals surface area contributed by atoms with E-state index in [4.69, 9.17) is 23.2 Å². The second-order valence-electron chi connectivity index (χ2n) is 6.69. The van der Waals surface area contributed by atoms with E-state index in [1.54, 1.807) is 36.7 Å². The van der Waals surface area contributed by atoms with Gasteiger partial charge in [0.25, 0.3) is 5.91 Å². The first-order chi connectivity index (χ1) is 14.0. The van der Waals surface area contributed by atoms with Gasteiger partial charge in [-0.3, -0.25) is 4.79 Å². The van der Waals surface area contributed by atoms with Crippen LogP contribution in [0.25, 0.3) is 11.1 Å². The molecule has 1 aliphatic rings. The van der Waals surface area contributed by atoms with Crippen LogP contribution >= 0.6 is 23.2 Å². The number of nitrogens with one attached hydrogen (secondary N) is 1. The maximum Gasteiger partial charge on any atom is 0.257 e. The molecule has 0 unspecified atom stereocenters. The highest BCUT2D eigenvalue weighted by Gasteiger charge is 2.25. The molecular weight excluding hydrogens is 413 g/mol. The van der Waals surface area contributed by atoms with Crippen molar-refractivity contribution in [2.45, 2.75) is 12.5 Å². The first kappa shape index (κ1) is 19.6. The quantitative estimate of drug-likeness (QED) is 0.657. The number of aromatic nitrogens is 3. The molecule has 7 nitrogen and oxygen atoms in total. The Kier molecular flexibility index (Phi) is 5.62. The molecule has 3 heterocycles. The summed E-state index contributed by atoms with van der Waals surface area (Å²) in [4.78, 5) is 27.4. The molecule has 29 heavy (non-hydrogen) atoms. The number of halogens is 2. The molecule has 2 N–H and O–H groups in total. The predicted octanol–water partition coefficient (Wildman–Crippen LogP) is 3.67. The van der Waals surface area contributed by atoms with Crippen molar-refractivity contribution in [1.82, 2.24) is 15.0 Å². The third-order valence-corrected chi connectivity index (χ3v) is 5.38. The van der Waals surface area contributed by atoms with Crippen LogP contribution < -0.4 is 10.2 Å². The molecule has 2 aromatic heterocycles. The van der Waals surface area contributed by atoms with E-state index in [0.29, 0.717) is 46.6 Å². The molecule has 1 fully saturated rings. The fourth-order valence-corrected chi connectivity index (χ4v) is 3.49. The molecule has 3 aromatic rings. The Labute approximate surface area is 177 Å². The predicted molar refractivity (Wildman–Crippen MR) is 113 cm³/mol. The van der Waals surface area contributed by atoms with Gasteiger partial charge in [-0.1, -0.05) is 23.2 Å². The highest BCUT2D eigenvalue weighted by atomic mass is 35.5. The van der Waals surface area contributed by atoms with Gasteiger partial charge in [0.05, 0.1) is 21.7 Å². The maximum atomic E-state index is 12.8. The summed E-state index contributed by atoms with van der Waals surface area (Å²) in [5, 5.41) is 13.5. The van der Waals surface area contributed by atoms with Crippen LogP contribution in [0.4, 0.5) is 11.5 Å². The molecule has 1 aliphatic heterocycles. The molecule has 0 spiro atoms. The van der Waals surface area contributed by atoms with Gasteiger partial charge in [0.1, 0.15) is 12.1 Å². The third kappa shape index (κ3) is 4.32. The molecule has 1 amide bonds. The van der Waals surface area contributed by atoms with E-state index in [0.717, 1.165) is 11.1 Å². The lowest BCUT2D eigenvalue weighted by atomic mass is 10.1. The first-order valence-corrected chi connectivity index (χ1v) is 9.71. The van der Waals surface area contributed by atoms with E-state index in [9.17, 15) is 9.90 Å². The first-order valence-electron chi connectivity index (χ1n) is 8.96. The van der Waals surface area contributed by atoms with E-state index in [1.807, 2.05) is 4.90 Å². The Morgan fingerprint density at radius 1 is 1.14 bits per heavy atom. The number of benzene rings is 1. The minimum Gasteiger partial charge on any atom is -0.391 e. The minimum absolute atomic E-state index is 0.331. The zero-order chi connectivity index (χ0) is 20.4. The van der Waals surface area contributed by atoms with Crippen LogP contribution in [0.5, 0.6) is 0 Å². The number of hydrogen-bond donors (Lipinski definition) is 2. The Balaban J connectivity index is 1.67. The van der Waals surface area contributed by atoms with E-state index >= 15 is 0 Å². The summed E-state index contributed by atoms with van der Waals surface area (Å²) in [5.74, 6) is 0.351. The standard InChI is InChI=1S/C20H17Cl2N5O2/c21-17-2-1-14(6-18(17)22)26-20(29)12-5-16(13-7-23-11-24-8-13)19(25-9-12)27-4-3-15(28)10-27/h1-2,5-9,11,15,28H,3-4,10H2,(H,26,29)/t15-/m1/s1.